The predicted molar refractivity (Wildman–Crippen MR) is 76.4 cm³/mol. The molecular formula is C15H24N2O. The molecule has 0 radical (unpaired) electrons. The van der Waals surface area contributed by atoms with Gasteiger partial charge in [-0.25, -0.2) is 0 Å². The highest BCUT2D eigenvalue weighted by Crippen LogP contribution is 2.44. The van der Waals surface area contributed by atoms with Crippen LogP contribution < -0.4 is 15.8 Å². The molecule has 0 aromatic heterocycles. The number of benzene rings is 1. The number of aryl methyl sites for hydroxylation is 1. The van der Waals surface area contributed by atoms with Crippen molar-refractivity contribution in [2.75, 3.05) is 25.5 Å². The lowest BCUT2D eigenvalue weighted by atomic mass is 10.0. The zero-order valence-corrected chi connectivity index (χ0v) is 11.9. The van der Waals surface area contributed by atoms with Gasteiger partial charge in [0.05, 0.1) is 7.11 Å². The molecule has 0 spiro atoms. The predicted octanol–water partition coefficient (Wildman–Crippen LogP) is 2.77. The molecule has 3 nitrogen and oxygen atoms in total. The topological polar surface area (TPSA) is 47.3 Å². The number of hydrogen-bond acceptors (Lipinski definition) is 3. The van der Waals surface area contributed by atoms with Gasteiger partial charge in [-0.15, -0.1) is 0 Å². The fourth-order valence-corrected chi connectivity index (χ4v) is 2.47. The van der Waals surface area contributed by atoms with Crippen LogP contribution in [-0.4, -0.2) is 20.2 Å². The molecule has 2 rings (SSSR count). The van der Waals surface area contributed by atoms with E-state index in [9.17, 15) is 0 Å². The van der Waals surface area contributed by atoms with Gasteiger partial charge in [0.15, 0.2) is 0 Å². The number of methoxy groups -OCH3 is 1. The summed E-state index contributed by atoms with van der Waals surface area (Å²) < 4.78 is 5.44. The summed E-state index contributed by atoms with van der Waals surface area (Å²) in [5.74, 6) is 0.998. The average molecular weight is 248 g/mol. The van der Waals surface area contributed by atoms with Gasteiger partial charge in [-0.3, -0.25) is 0 Å². The maximum Gasteiger partial charge on any atom is 0.125 e. The Balaban J connectivity index is 2.18. The van der Waals surface area contributed by atoms with Crippen molar-refractivity contribution >= 4 is 5.69 Å². The zero-order chi connectivity index (χ0) is 13.3. The molecule has 0 amide bonds. The fraction of sp³-hybridized carbons (Fsp3) is 0.600. The van der Waals surface area contributed by atoms with E-state index in [0.717, 1.165) is 18.8 Å². The third-order valence-corrected chi connectivity index (χ3v) is 4.27. The molecule has 1 aromatic rings. The highest BCUT2D eigenvalue weighted by atomic mass is 16.5. The largest absolute Gasteiger partial charge is 0.496 e. The van der Waals surface area contributed by atoms with E-state index >= 15 is 0 Å². The van der Waals surface area contributed by atoms with Crippen molar-refractivity contribution in [3.8, 4) is 5.75 Å². The number of ether oxygens (including phenoxy) is 1. The minimum Gasteiger partial charge on any atom is -0.496 e. The second-order valence-corrected chi connectivity index (χ2v) is 5.58. The first-order valence-corrected chi connectivity index (χ1v) is 6.62. The van der Waals surface area contributed by atoms with E-state index < -0.39 is 0 Å². The molecular weight excluding hydrogens is 224 g/mol. The standard InChI is InChI=1S/C15H24N2O/c1-10-7-13(11(2)12(3)14(10)18-4)17-9-15(8-16)5-6-15/h7,17H,5-6,8-9,16H2,1-4H3. The number of rotatable bonds is 5. The highest BCUT2D eigenvalue weighted by Gasteiger charge is 2.40. The van der Waals surface area contributed by atoms with Crippen molar-refractivity contribution in [2.45, 2.75) is 33.6 Å². The van der Waals surface area contributed by atoms with Gasteiger partial charge in [0, 0.05) is 12.2 Å². The first-order valence-electron chi connectivity index (χ1n) is 6.62. The smallest absolute Gasteiger partial charge is 0.125 e. The number of nitrogens with one attached hydrogen (secondary N) is 1. The quantitative estimate of drug-likeness (QED) is 0.842. The van der Waals surface area contributed by atoms with Gasteiger partial charge < -0.3 is 15.8 Å². The molecule has 0 heterocycles. The molecule has 18 heavy (non-hydrogen) atoms. The Morgan fingerprint density at radius 2 is 1.94 bits per heavy atom. The third kappa shape index (κ3) is 2.32. The molecule has 1 saturated carbocycles. The van der Waals surface area contributed by atoms with E-state index in [-0.39, 0.29) is 0 Å². The lowest BCUT2D eigenvalue weighted by Gasteiger charge is -2.19. The van der Waals surface area contributed by atoms with Crippen molar-refractivity contribution in [2.24, 2.45) is 11.1 Å². The average Bonchev–Trinajstić information content (AvgIpc) is 3.13. The molecule has 100 valence electrons. The Hall–Kier alpha value is -1.22. The first-order chi connectivity index (χ1) is 8.53. The SMILES string of the molecule is COc1c(C)cc(NCC2(CN)CC2)c(C)c1C. The van der Waals surface area contributed by atoms with E-state index in [0.29, 0.717) is 5.41 Å². The maximum atomic E-state index is 5.82. The summed E-state index contributed by atoms with van der Waals surface area (Å²) in [6.07, 6.45) is 2.51. The Morgan fingerprint density at radius 3 is 2.44 bits per heavy atom. The number of anilines is 1. The second-order valence-electron chi connectivity index (χ2n) is 5.58. The summed E-state index contributed by atoms with van der Waals surface area (Å²) in [6.45, 7) is 8.11. The molecule has 1 fully saturated rings. The van der Waals surface area contributed by atoms with Crippen molar-refractivity contribution in [3.05, 3.63) is 22.8 Å². The monoisotopic (exact) mass is 248 g/mol. The second kappa shape index (κ2) is 4.81. The van der Waals surface area contributed by atoms with Gasteiger partial charge in [0.2, 0.25) is 0 Å². The normalized spacial score (nSPS) is 16.5. The summed E-state index contributed by atoms with van der Waals surface area (Å²) in [6, 6.07) is 2.17. The fourth-order valence-electron chi connectivity index (χ4n) is 2.47. The van der Waals surface area contributed by atoms with Gasteiger partial charge in [0.1, 0.15) is 5.75 Å². The van der Waals surface area contributed by atoms with Crippen molar-refractivity contribution in [1.82, 2.24) is 0 Å². The van der Waals surface area contributed by atoms with Crippen LogP contribution in [0.15, 0.2) is 6.07 Å². The van der Waals surface area contributed by atoms with Gasteiger partial charge in [0.25, 0.3) is 0 Å². The molecule has 3 N–H and O–H groups in total. The maximum absolute atomic E-state index is 5.82. The Morgan fingerprint density at radius 1 is 1.28 bits per heavy atom. The van der Waals surface area contributed by atoms with Crippen LogP contribution in [0, 0.1) is 26.2 Å². The molecule has 0 aliphatic heterocycles. The number of nitrogens with two attached hydrogens (primary N) is 1. The van der Waals surface area contributed by atoms with Gasteiger partial charge in [-0.05, 0) is 68.3 Å². The van der Waals surface area contributed by atoms with Crippen molar-refractivity contribution in [3.63, 3.8) is 0 Å². The van der Waals surface area contributed by atoms with Crippen LogP contribution in [0.2, 0.25) is 0 Å². The third-order valence-electron chi connectivity index (χ3n) is 4.27. The Kier molecular flexibility index (Phi) is 3.53. The molecule has 0 saturated heterocycles. The summed E-state index contributed by atoms with van der Waals surface area (Å²) >= 11 is 0. The molecule has 0 unspecified atom stereocenters. The Bertz CT molecular complexity index is 450. The minimum absolute atomic E-state index is 0.355. The number of hydrogen-bond donors (Lipinski definition) is 2. The summed E-state index contributed by atoms with van der Waals surface area (Å²) in [5.41, 5.74) is 11.1. The van der Waals surface area contributed by atoms with Crippen LogP contribution in [0.25, 0.3) is 0 Å². The van der Waals surface area contributed by atoms with Gasteiger partial charge >= 0.3 is 0 Å². The molecule has 1 aliphatic rings. The molecule has 1 aliphatic carbocycles. The van der Waals surface area contributed by atoms with Crippen LogP contribution in [0.5, 0.6) is 5.75 Å². The van der Waals surface area contributed by atoms with Crippen molar-refractivity contribution in [1.29, 1.82) is 0 Å². The van der Waals surface area contributed by atoms with E-state index in [2.05, 4.69) is 32.2 Å². The van der Waals surface area contributed by atoms with E-state index in [1.54, 1.807) is 7.11 Å². The van der Waals surface area contributed by atoms with Crippen LogP contribution in [0.4, 0.5) is 5.69 Å². The molecule has 0 atom stereocenters. The molecule has 1 aromatic carbocycles. The summed E-state index contributed by atoms with van der Waals surface area (Å²) in [5, 5.41) is 3.56. The van der Waals surface area contributed by atoms with Crippen LogP contribution >= 0.6 is 0 Å². The van der Waals surface area contributed by atoms with Crippen LogP contribution in [-0.2, 0) is 0 Å². The van der Waals surface area contributed by atoms with E-state index in [1.807, 2.05) is 0 Å². The first kappa shape index (κ1) is 13.2. The summed E-state index contributed by atoms with van der Waals surface area (Å²) in [4.78, 5) is 0. The van der Waals surface area contributed by atoms with E-state index in [4.69, 9.17) is 10.5 Å². The highest BCUT2D eigenvalue weighted by molar-refractivity contribution is 5.61. The lowest BCUT2D eigenvalue weighted by molar-refractivity contribution is 0.408. The van der Waals surface area contributed by atoms with Crippen molar-refractivity contribution < 1.29 is 4.74 Å². The minimum atomic E-state index is 0.355. The molecule has 0 bridgehead atoms. The van der Waals surface area contributed by atoms with Gasteiger partial charge in [-0.2, -0.15) is 0 Å². The lowest BCUT2D eigenvalue weighted by Crippen LogP contribution is -2.24. The summed E-state index contributed by atoms with van der Waals surface area (Å²) in [7, 11) is 1.73. The zero-order valence-electron chi connectivity index (χ0n) is 11.9. The van der Waals surface area contributed by atoms with Crippen LogP contribution in [0.3, 0.4) is 0 Å². The molecule has 3 heteroatoms. The van der Waals surface area contributed by atoms with Crippen LogP contribution in [0.1, 0.15) is 29.5 Å². The van der Waals surface area contributed by atoms with Gasteiger partial charge in [-0.1, -0.05) is 0 Å². The Labute approximate surface area is 110 Å². The van der Waals surface area contributed by atoms with E-state index in [1.165, 1.54) is 35.2 Å².